The molecule has 4 heteroatoms. The van der Waals surface area contributed by atoms with Gasteiger partial charge in [-0.15, -0.1) is 0 Å². The van der Waals surface area contributed by atoms with Crippen LogP contribution in [-0.4, -0.2) is 49.7 Å². The van der Waals surface area contributed by atoms with Gasteiger partial charge >= 0.3 is 5.97 Å². The van der Waals surface area contributed by atoms with Crippen molar-refractivity contribution < 1.29 is 9.53 Å². The Morgan fingerprint density at radius 2 is 1.95 bits per heavy atom. The number of rotatable bonds is 8. The fourth-order valence-corrected chi connectivity index (χ4v) is 3.46. The van der Waals surface area contributed by atoms with Gasteiger partial charge in [-0.1, -0.05) is 40.0 Å². The molecule has 0 aromatic carbocycles. The van der Waals surface area contributed by atoms with E-state index in [1.54, 1.807) is 0 Å². The van der Waals surface area contributed by atoms with E-state index < -0.39 is 5.54 Å². The molecule has 0 spiro atoms. The lowest BCUT2D eigenvalue weighted by molar-refractivity contribution is -0.149. The fourth-order valence-electron chi connectivity index (χ4n) is 3.46. The molecule has 0 saturated heterocycles. The van der Waals surface area contributed by atoms with Crippen LogP contribution in [-0.2, 0) is 9.53 Å². The maximum atomic E-state index is 12.4. The summed E-state index contributed by atoms with van der Waals surface area (Å²) in [6, 6.07) is 0. The third-order valence-corrected chi connectivity index (χ3v) is 5.13. The lowest BCUT2D eigenvalue weighted by Gasteiger charge is -2.32. The van der Waals surface area contributed by atoms with Crippen LogP contribution in [0.5, 0.6) is 0 Å². The van der Waals surface area contributed by atoms with Gasteiger partial charge in [0.05, 0.1) is 7.11 Å². The SMILES string of the molecule is CCC1CCCC(NCCN(CC)CC)(C(=O)OC)CC1. The lowest BCUT2D eigenvalue weighted by Crippen LogP contribution is -2.54. The number of nitrogens with one attached hydrogen (secondary N) is 1. The van der Waals surface area contributed by atoms with Gasteiger partial charge in [-0.2, -0.15) is 0 Å². The minimum atomic E-state index is -0.453. The van der Waals surface area contributed by atoms with E-state index in [0.717, 1.165) is 57.8 Å². The Hall–Kier alpha value is -0.610. The highest BCUT2D eigenvalue weighted by molar-refractivity contribution is 5.80. The first-order chi connectivity index (χ1) is 10.1. The summed E-state index contributed by atoms with van der Waals surface area (Å²) in [5.41, 5.74) is -0.453. The number of hydrogen-bond donors (Lipinski definition) is 1. The quantitative estimate of drug-likeness (QED) is 0.553. The van der Waals surface area contributed by atoms with Gasteiger partial charge in [-0.3, -0.25) is 4.79 Å². The van der Waals surface area contributed by atoms with Crippen molar-refractivity contribution >= 4 is 5.97 Å². The highest BCUT2D eigenvalue weighted by Crippen LogP contribution is 2.32. The van der Waals surface area contributed by atoms with E-state index in [4.69, 9.17) is 4.74 Å². The molecule has 0 radical (unpaired) electrons. The molecule has 1 rings (SSSR count). The van der Waals surface area contributed by atoms with Crippen molar-refractivity contribution in [1.82, 2.24) is 10.2 Å². The average Bonchev–Trinajstić information content (AvgIpc) is 2.74. The van der Waals surface area contributed by atoms with Gasteiger partial charge in [-0.25, -0.2) is 0 Å². The van der Waals surface area contributed by atoms with Crippen molar-refractivity contribution in [3.05, 3.63) is 0 Å². The fraction of sp³-hybridized carbons (Fsp3) is 0.941. The van der Waals surface area contributed by atoms with E-state index >= 15 is 0 Å². The summed E-state index contributed by atoms with van der Waals surface area (Å²) in [7, 11) is 1.51. The Labute approximate surface area is 130 Å². The zero-order valence-electron chi connectivity index (χ0n) is 14.4. The molecule has 0 aromatic heterocycles. The summed E-state index contributed by atoms with van der Waals surface area (Å²) in [6.07, 6.45) is 6.53. The Balaban J connectivity index is 2.64. The zero-order valence-corrected chi connectivity index (χ0v) is 14.4. The number of nitrogens with zero attached hydrogens (tertiary/aromatic N) is 1. The van der Waals surface area contributed by atoms with Gasteiger partial charge in [0, 0.05) is 13.1 Å². The first-order valence-corrected chi connectivity index (χ1v) is 8.67. The summed E-state index contributed by atoms with van der Waals surface area (Å²) in [6.45, 7) is 10.6. The number of carbonyl (C=O) groups excluding carboxylic acids is 1. The van der Waals surface area contributed by atoms with Gasteiger partial charge in [0.2, 0.25) is 0 Å². The van der Waals surface area contributed by atoms with Crippen LogP contribution >= 0.6 is 0 Å². The van der Waals surface area contributed by atoms with Crippen LogP contribution in [0.25, 0.3) is 0 Å². The first kappa shape index (κ1) is 18.4. The summed E-state index contributed by atoms with van der Waals surface area (Å²) in [5.74, 6) is 0.694. The van der Waals surface area contributed by atoms with Crippen molar-refractivity contribution in [1.29, 1.82) is 0 Å². The van der Waals surface area contributed by atoms with Crippen molar-refractivity contribution in [3.8, 4) is 0 Å². The Morgan fingerprint density at radius 1 is 1.24 bits per heavy atom. The molecular weight excluding hydrogens is 264 g/mol. The molecule has 1 aliphatic carbocycles. The number of ether oxygens (including phenoxy) is 1. The van der Waals surface area contributed by atoms with Gasteiger partial charge in [0.1, 0.15) is 5.54 Å². The largest absolute Gasteiger partial charge is 0.468 e. The first-order valence-electron chi connectivity index (χ1n) is 8.67. The predicted molar refractivity (Wildman–Crippen MR) is 87.4 cm³/mol. The minimum absolute atomic E-state index is 0.0706. The number of carbonyl (C=O) groups is 1. The number of methoxy groups -OCH3 is 1. The Bertz CT molecular complexity index is 305. The minimum Gasteiger partial charge on any atom is -0.468 e. The van der Waals surface area contributed by atoms with Gasteiger partial charge in [0.15, 0.2) is 0 Å². The molecule has 1 fully saturated rings. The molecule has 0 aromatic rings. The monoisotopic (exact) mass is 298 g/mol. The third kappa shape index (κ3) is 5.26. The molecule has 124 valence electrons. The molecule has 0 bridgehead atoms. The van der Waals surface area contributed by atoms with E-state index in [2.05, 4.69) is 31.0 Å². The molecule has 2 unspecified atom stereocenters. The molecule has 2 atom stereocenters. The second-order valence-electron chi connectivity index (χ2n) is 6.23. The molecule has 4 nitrogen and oxygen atoms in total. The van der Waals surface area contributed by atoms with Crippen LogP contribution in [0.2, 0.25) is 0 Å². The van der Waals surface area contributed by atoms with Crippen molar-refractivity contribution in [3.63, 3.8) is 0 Å². The normalized spacial score (nSPS) is 26.6. The third-order valence-electron chi connectivity index (χ3n) is 5.13. The summed E-state index contributed by atoms with van der Waals surface area (Å²) in [5, 5.41) is 3.55. The van der Waals surface area contributed by atoms with E-state index in [1.165, 1.54) is 20.0 Å². The van der Waals surface area contributed by atoms with E-state index in [1.807, 2.05) is 0 Å². The number of esters is 1. The van der Waals surface area contributed by atoms with Crippen LogP contribution in [0.3, 0.4) is 0 Å². The van der Waals surface area contributed by atoms with Crippen molar-refractivity contribution in [2.45, 2.75) is 64.8 Å². The topological polar surface area (TPSA) is 41.6 Å². The molecular formula is C17H34N2O2. The molecule has 0 aliphatic heterocycles. The standard InChI is InChI=1S/C17H34N2O2/c1-5-15-9-8-11-17(12-10-15,16(20)21-4)18-13-14-19(6-2)7-3/h15,18H,5-14H2,1-4H3. The van der Waals surface area contributed by atoms with Crippen molar-refractivity contribution in [2.24, 2.45) is 5.92 Å². The number of hydrogen-bond acceptors (Lipinski definition) is 4. The summed E-state index contributed by atoms with van der Waals surface area (Å²) >= 11 is 0. The van der Waals surface area contributed by atoms with Crippen LogP contribution < -0.4 is 5.32 Å². The highest BCUT2D eigenvalue weighted by atomic mass is 16.5. The second kappa shape index (κ2) is 9.42. The summed E-state index contributed by atoms with van der Waals surface area (Å²) < 4.78 is 5.11. The molecule has 0 heterocycles. The maximum absolute atomic E-state index is 12.4. The maximum Gasteiger partial charge on any atom is 0.326 e. The van der Waals surface area contributed by atoms with E-state index in [9.17, 15) is 4.79 Å². The van der Waals surface area contributed by atoms with E-state index in [0.29, 0.717) is 0 Å². The zero-order chi connectivity index (χ0) is 15.7. The molecule has 1 aliphatic rings. The lowest BCUT2D eigenvalue weighted by atomic mass is 9.89. The van der Waals surface area contributed by atoms with Crippen LogP contribution in [0.15, 0.2) is 0 Å². The van der Waals surface area contributed by atoms with Crippen LogP contribution in [0.4, 0.5) is 0 Å². The Morgan fingerprint density at radius 3 is 2.52 bits per heavy atom. The smallest absolute Gasteiger partial charge is 0.326 e. The average molecular weight is 298 g/mol. The molecule has 1 saturated carbocycles. The van der Waals surface area contributed by atoms with Gasteiger partial charge < -0.3 is 15.0 Å². The molecule has 0 amide bonds. The predicted octanol–water partition coefficient (Wildman–Crippen LogP) is 2.82. The van der Waals surface area contributed by atoms with Gasteiger partial charge in [0.25, 0.3) is 0 Å². The second-order valence-corrected chi connectivity index (χ2v) is 6.23. The van der Waals surface area contributed by atoms with Crippen LogP contribution in [0.1, 0.15) is 59.3 Å². The summed E-state index contributed by atoms with van der Waals surface area (Å²) in [4.78, 5) is 14.7. The Kier molecular flexibility index (Phi) is 8.27. The van der Waals surface area contributed by atoms with E-state index in [-0.39, 0.29) is 5.97 Å². The number of likely N-dealkylation sites (N-methyl/N-ethyl adjacent to an activating group) is 1. The van der Waals surface area contributed by atoms with Crippen molar-refractivity contribution in [2.75, 3.05) is 33.3 Å². The molecule has 1 N–H and O–H groups in total. The molecule has 21 heavy (non-hydrogen) atoms. The van der Waals surface area contributed by atoms with Gasteiger partial charge in [-0.05, 0) is 38.3 Å². The van der Waals surface area contributed by atoms with Crippen LogP contribution in [0, 0.1) is 5.92 Å². The highest BCUT2D eigenvalue weighted by Gasteiger charge is 2.40.